The van der Waals surface area contributed by atoms with Crippen LogP contribution in [0.25, 0.3) is 10.8 Å². The fraction of sp³-hybridized carbons (Fsp3) is 0.371. The minimum absolute atomic E-state index is 0.00903. The van der Waals surface area contributed by atoms with E-state index in [0.29, 0.717) is 5.69 Å². The molecule has 1 heterocycles. The van der Waals surface area contributed by atoms with Crippen molar-refractivity contribution in [2.45, 2.75) is 75.8 Å². The van der Waals surface area contributed by atoms with Crippen molar-refractivity contribution in [3.8, 4) is 0 Å². The summed E-state index contributed by atoms with van der Waals surface area (Å²) in [6.07, 6.45) is 7.01. The number of benzene rings is 3. The van der Waals surface area contributed by atoms with E-state index in [2.05, 4.69) is 25.9 Å². The van der Waals surface area contributed by atoms with Crippen molar-refractivity contribution in [2.75, 3.05) is 0 Å². The lowest BCUT2D eigenvalue weighted by Crippen LogP contribution is -2.56. The molecular formula is C35H42N5O7P. The number of rotatable bonds is 14. The van der Waals surface area contributed by atoms with Crippen molar-refractivity contribution in [3.63, 3.8) is 0 Å². The summed E-state index contributed by atoms with van der Waals surface area (Å²) in [4.78, 5) is 68.0. The van der Waals surface area contributed by atoms with E-state index in [-0.39, 0.29) is 31.8 Å². The molecule has 48 heavy (non-hydrogen) atoms. The van der Waals surface area contributed by atoms with Crippen molar-refractivity contribution in [1.82, 2.24) is 25.9 Å². The van der Waals surface area contributed by atoms with Gasteiger partial charge in [-0.15, -0.1) is 0 Å². The minimum atomic E-state index is -4.72. The predicted molar refractivity (Wildman–Crippen MR) is 181 cm³/mol. The largest absolute Gasteiger partial charge is 0.445 e. The highest BCUT2D eigenvalue weighted by Gasteiger charge is 2.36. The number of carbonyl (C=O) groups is 3. The van der Waals surface area contributed by atoms with Crippen molar-refractivity contribution in [2.24, 2.45) is 5.92 Å². The Balaban J connectivity index is 1.36. The molecule has 254 valence electrons. The number of nitrogens with zero attached hydrogens (tertiary/aromatic N) is 1. The Bertz CT molecular complexity index is 1700. The van der Waals surface area contributed by atoms with Gasteiger partial charge in [0.1, 0.15) is 24.5 Å². The van der Waals surface area contributed by atoms with Crippen LogP contribution in [0.5, 0.6) is 0 Å². The molecule has 3 atom stereocenters. The van der Waals surface area contributed by atoms with Crippen LogP contribution < -0.4 is 16.0 Å². The van der Waals surface area contributed by atoms with Gasteiger partial charge in [-0.3, -0.25) is 14.2 Å². The van der Waals surface area contributed by atoms with Gasteiger partial charge in [-0.1, -0.05) is 105 Å². The van der Waals surface area contributed by atoms with Crippen LogP contribution in [0.2, 0.25) is 0 Å². The van der Waals surface area contributed by atoms with E-state index < -0.39 is 43.4 Å². The molecule has 4 aromatic rings. The molecule has 0 aliphatic heterocycles. The molecule has 1 fully saturated rings. The molecule has 13 heteroatoms. The average Bonchev–Trinajstić information content (AvgIpc) is 3.60. The molecular weight excluding hydrogens is 633 g/mol. The first kappa shape index (κ1) is 34.8. The summed E-state index contributed by atoms with van der Waals surface area (Å²) in [5.74, 6) is -2.74. The molecule has 1 aromatic heterocycles. The molecule has 3 aromatic carbocycles. The smallest absolute Gasteiger partial charge is 0.408 e. The second-order valence-electron chi connectivity index (χ2n) is 12.3. The molecule has 0 saturated heterocycles. The zero-order valence-corrected chi connectivity index (χ0v) is 27.5. The number of fused-ring (bicyclic) bond motifs is 1. The third-order valence-corrected chi connectivity index (χ3v) is 9.89. The third kappa shape index (κ3) is 10.00. The van der Waals surface area contributed by atoms with Gasteiger partial charge in [0.15, 0.2) is 0 Å². The molecule has 1 aliphatic rings. The maximum absolute atomic E-state index is 14.0. The number of hydrogen-bond donors (Lipinski definition) is 6. The molecule has 12 nitrogen and oxygen atoms in total. The first-order valence-corrected chi connectivity index (χ1v) is 17.9. The summed E-state index contributed by atoms with van der Waals surface area (Å²) in [5.41, 5.74) is 2.09. The van der Waals surface area contributed by atoms with Crippen LogP contribution in [0.1, 0.15) is 55.3 Å². The highest BCUT2D eigenvalue weighted by atomic mass is 31.2. The maximum atomic E-state index is 14.0. The SMILES string of the molecule is O=C(NC(Cc1cccc2ccccc12)C(=O)N[C@@H](Cc1cnc[nH]1)C(=O)NC(CC1CCCCC1)P(=O)(O)O)OCc1ccccc1. The van der Waals surface area contributed by atoms with Crippen LogP contribution in [0.15, 0.2) is 85.3 Å². The summed E-state index contributed by atoms with van der Waals surface area (Å²) in [5, 5.41) is 9.82. The maximum Gasteiger partial charge on any atom is 0.408 e. The number of carbonyl (C=O) groups excluding carboxylic acids is 3. The number of imidazole rings is 1. The monoisotopic (exact) mass is 675 g/mol. The first-order chi connectivity index (χ1) is 23.2. The highest BCUT2D eigenvalue weighted by Crippen LogP contribution is 2.44. The van der Waals surface area contributed by atoms with Crippen molar-refractivity contribution >= 4 is 36.3 Å². The third-order valence-electron chi connectivity index (χ3n) is 8.73. The Morgan fingerprint density at radius 3 is 2.27 bits per heavy atom. The highest BCUT2D eigenvalue weighted by molar-refractivity contribution is 7.52. The summed E-state index contributed by atoms with van der Waals surface area (Å²) < 4.78 is 17.9. The number of aromatic nitrogens is 2. The average molecular weight is 676 g/mol. The Hall–Kier alpha value is -4.51. The number of ether oxygens (including phenoxy) is 1. The molecule has 2 unspecified atom stereocenters. The van der Waals surface area contributed by atoms with Gasteiger partial charge < -0.3 is 35.5 Å². The fourth-order valence-corrected chi connectivity index (χ4v) is 7.06. The standard InChI is InChI=1S/C35H42N5O7P/c41-33(38-31(20-28-21-36-23-37-28)34(42)40-32(48(44,45)46)18-24-10-3-1-4-11-24)30(39-35(43)47-22-25-12-5-2-6-13-25)19-27-16-9-15-26-14-7-8-17-29(26)27/h2,5-9,12-17,21,23-24,30-32H,1,3-4,10-11,18-20,22H2,(H,36,37)(H,38,41)(H,39,43)(H,40,42)(H2,44,45,46)/t30?,31-,32?/m0/s1. The first-order valence-electron chi connectivity index (χ1n) is 16.2. The van der Waals surface area contributed by atoms with Crippen LogP contribution in [0.4, 0.5) is 4.79 Å². The Labute approximate surface area is 279 Å². The van der Waals surface area contributed by atoms with Crippen molar-refractivity contribution < 1.29 is 33.5 Å². The molecule has 3 amide bonds. The fourth-order valence-electron chi connectivity index (χ4n) is 6.19. The predicted octanol–water partition coefficient (Wildman–Crippen LogP) is 4.72. The van der Waals surface area contributed by atoms with E-state index in [1.807, 2.05) is 72.8 Å². The molecule has 1 aliphatic carbocycles. The number of alkyl carbamates (subject to hydrolysis) is 1. The zero-order valence-electron chi connectivity index (χ0n) is 26.6. The number of H-pyrrole nitrogens is 1. The lowest BCUT2D eigenvalue weighted by molar-refractivity contribution is -0.130. The number of hydrogen-bond acceptors (Lipinski definition) is 6. The molecule has 0 radical (unpaired) electrons. The van der Waals surface area contributed by atoms with Crippen LogP contribution in [0, 0.1) is 5.92 Å². The van der Waals surface area contributed by atoms with E-state index in [0.717, 1.165) is 54.0 Å². The van der Waals surface area contributed by atoms with Gasteiger partial charge in [0.05, 0.1) is 6.33 Å². The molecule has 1 saturated carbocycles. The summed E-state index contributed by atoms with van der Waals surface area (Å²) >= 11 is 0. The zero-order chi connectivity index (χ0) is 33.9. The molecule has 5 rings (SSSR count). The number of aromatic amines is 1. The second-order valence-corrected chi connectivity index (χ2v) is 14.1. The van der Waals surface area contributed by atoms with E-state index in [1.54, 1.807) is 0 Å². The van der Waals surface area contributed by atoms with E-state index in [9.17, 15) is 28.7 Å². The van der Waals surface area contributed by atoms with Gasteiger partial charge in [0.25, 0.3) is 0 Å². The molecule has 6 N–H and O–H groups in total. The van der Waals surface area contributed by atoms with Crippen LogP contribution >= 0.6 is 7.60 Å². The van der Waals surface area contributed by atoms with Crippen molar-refractivity contribution in [1.29, 1.82) is 0 Å². The Morgan fingerprint density at radius 2 is 1.54 bits per heavy atom. The van der Waals surface area contributed by atoms with Crippen LogP contribution in [0.3, 0.4) is 0 Å². The van der Waals surface area contributed by atoms with Gasteiger partial charge in [-0.05, 0) is 34.2 Å². The van der Waals surface area contributed by atoms with Gasteiger partial charge in [0, 0.05) is 24.7 Å². The lowest BCUT2D eigenvalue weighted by atomic mass is 9.87. The number of amides is 3. The Morgan fingerprint density at radius 1 is 0.854 bits per heavy atom. The normalized spacial score (nSPS) is 15.6. The summed E-state index contributed by atoms with van der Waals surface area (Å²) in [7, 11) is -4.72. The van der Waals surface area contributed by atoms with Crippen LogP contribution in [-0.2, 0) is 38.3 Å². The topological polar surface area (TPSA) is 183 Å². The van der Waals surface area contributed by atoms with E-state index in [4.69, 9.17) is 4.74 Å². The van der Waals surface area contributed by atoms with Crippen molar-refractivity contribution in [3.05, 3.63) is 102 Å². The van der Waals surface area contributed by atoms with Gasteiger partial charge in [-0.2, -0.15) is 0 Å². The quantitative estimate of drug-likeness (QED) is 0.104. The molecule has 0 spiro atoms. The molecule has 0 bridgehead atoms. The minimum Gasteiger partial charge on any atom is -0.445 e. The second kappa shape index (κ2) is 16.5. The van der Waals surface area contributed by atoms with Gasteiger partial charge >= 0.3 is 13.7 Å². The van der Waals surface area contributed by atoms with Gasteiger partial charge in [-0.25, -0.2) is 9.78 Å². The Kier molecular flexibility index (Phi) is 12.0. The number of nitrogens with one attached hydrogen (secondary N) is 4. The summed E-state index contributed by atoms with van der Waals surface area (Å²) in [6, 6.07) is 20.1. The van der Waals surface area contributed by atoms with Gasteiger partial charge in [0.2, 0.25) is 11.8 Å². The van der Waals surface area contributed by atoms with E-state index >= 15 is 0 Å². The van der Waals surface area contributed by atoms with Crippen LogP contribution in [-0.4, -0.2) is 55.5 Å². The lowest BCUT2D eigenvalue weighted by Gasteiger charge is -2.29. The summed E-state index contributed by atoms with van der Waals surface area (Å²) in [6.45, 7) is -0.00903. The van der Waals surface area contributed by atoms with E-state index in [1.165, 1.54) is 12.5 Å².